The molecule has 2 amide bonds. The van der Waals surface area contributed by atoms with Gasteiger partial charge in [-0.25, -0.2) is 4.79 Å². The number of hydroxylamine groups is 2. The largest absolute Gasteiger partial charge is 0.365 e. The van der Waals surface area contributed by atoms with Gasteiger partial charge in [-0.2, -0.15) is 0 Å². The molecule has 152 valence electrons. The molecular formula is C22H24N2O5. The van der Waals surface area contributed by atoms with Crippen LogP contribution in [0.5, 0.6) is 0 Å². The Bertz CT molecular complexity index is 883. The highest BCUT2D eigenvalue weighted by molar-refractivity contribution is 5.90. The summed E-state index contributed by atoms with van der Waals surface area (Å²) in [4.78, 5) is 44.9. The Morgan fingerprint density at radius 1 is 1.03 bits per heavy atom. The molecule has 0 N–H and O–H groups in total. The number of nitrogens with zero attached hydrogens (tertiary/aromatic N) is 2. The van der Waals surface area contributed by atoms with Crippen molar-refractivity contribution in [3.63, 3.8) is 0 Å². The highest BCUT2D eigenvalue weighted by Gasteiger charge is 2.50. The fraction of sp³-hybridized carbons (Fsp3) is 0.318. The summed E-state index contributed by atoms with van der Waals surface area (Å²) in [6.07, 6.45) is -0.821. The summed E-state index contributed by atoms with van der Waals surface area (Å²) in [5.74, 6) is -1.41. The maximum Gasteiger partial charge on any atom is 0.365 e. The number of hydrogen-bond donors (Lipinski definition) is 0. The van der Waals surface area contributed by atoms with Gasteiger partial charge in [-0.15, -0.1) is 5.06 Å². The summed E-state index contributed by atoms with van der Waals surface area (Å²) in [6.45, 7) is 3.17. The molecule has 0 radical (unpaired) electrons. The first-order valence-electron chi connectivity index (χ1n) is 9.31. The molecule has 0 unspecified atom stereocenters. The second kappa shape index (κ2) is 8.45. The van der Waals surface area contributed by atoms with Gasteiger partial charge in [0.2, 0.25) is 5.91 Å². The molecule has 0 spiro atoms. The van der Waals surface area contributed by atoms with Crippen LogP contribution in [-0.2, 0) is 30.4 Å². The Morgan fingerprint density at radius 2 is 1.62 bits per heavy atom. The van der Waals surface area contributed by atoms with Gasteiger partial charge in [-0.05, 0) is 25.0 Å². The molecule has 0 aromatic heterocycles. The molecule has 0 aliphatic carbocycles. The van der Waals surface area contributed by atoms with Crippen LogP contribution in [0.2, 0.25) is 0 Å². The molecule has 1 fully saturated rings. The number of carbonyl (C=O) groups is 3. The van der Waals surface area contributed by atoms with Crippen molar-refractivity contribution in [3.05, 3.63) is 71.8 Å². The number of benzene rings is 2. The van der Waals surface area contributed by atoms with Crippen LogP contribution in [0.4, 0.5) is 0 Å². The lowest BCUT2D eigenvalue weighted by Gasteiger charge is -2.36. The van der Waals surface area contributed by atoms with Crippen LogP contribution in [0.15, 0.2) is 60.7 Å². The summed E-state index contributed by atoms with van der Waals surface area (Å²) >= 11 is 0. The predicted octanol–water partition coefficient (Wildman–Crippen LogP) is 2.48. The summed E-state index contributed by atoms with van der Waals surface area (Å²) in [5.41, 5.74) is 0.342. The third-order valence-corrected chi connectivity index (χ3v) is 4.91. The van der Waals surface area contributed by atoms with Crippen molar-refractivity contribution in [3.8, 4) is 0 Å². The quantitative estimate of drug-likeness (QED) is 0.750. The molecule has 7 nitrogen and oxygen atoms in total. The van der Waals surface area contributed by atoms with Crippen molar-refractivity contribution in [1.29, 1.82) is 0 Å². The molecule has 29 heavy (non-hydrogen) atoms. The van der Waals surface area contributed by atoms with E-state index in [0.717, 1.165) is 10.6 Å². The van der Waals surface area contributed by atoms with Crippen molar-refractivity contribution in [2.24, 2.45) is 0 Å². The molecule has 3 rings (SSSR count). The van der Waals surface area contributed by atoms with E-state index >= 15 is 0 Å². The topological polar surface area (TPSA) is 76.2 Å². The average molecular weight is 396 g/mol. The van der Waals surface area contributed by atoms with Gasteiger partial charge in [-0.1, -0.05) is 60.7 Å². The van der Waals surface area contributed by atoms with E-state index in [1.54, 1.807) is 38.1 Å². The smallest absolute Gasteiger partial charge is 0.365 e. The standard InChI is InChI=1S/C22H24N2O5/c1-22(2)23(18(25)14-16-10-6-4-7-11-16)15-19(26)24(22)29-21(27)20(28-3)17-12-8-5-9-13-17/h4-13,20H,14-15H2,1-3H3/t20-/m0/s1. The van der Waals surface area contributed by atoms with Gasteiger partial charge in [0.1, 0.15) is 12.2 Å². The van der Waals surface area contributed by atoms with E-state index in [2.05, 4.69) is 0 Å². The Labute approximate surface area is 169 Å². The zero-order valence-corrected chi connectivity index (χ0v) is 16.7. The van der Waals surface area contributed by atoms with Crippen LogP contribution in [0.1, 0.15) is 31.1 Å². The first-order valence-corrected chi connectivity index (χ1v) is 9.31. The molecule has 1 aliphatic heterocycles. The van der Waals surface area contributed by atoms with Gasteiger partial charge in [-0.3, -0.25) is 9.59 Å². The summed E-state index contributed by atoms with van der Waals surface area (Å²) in [5, 5.41) is 0.965. The Hall–Kier alpha value is -3.19. The van der Waals surface area contributed by atoms with Gasteiger partial charge < -0.3 is 14.5 Å². The zero-order chi connectivity index (χ0) is 21.0. The first-order chi connectivity index (χ1) is 13.8. The second-order valence-corrected chi connectivity index (χ2v) is 7.26. The summed E-state index contributed by atoms with van der Waals surface area (Å²) in [6, 6.07) is 18.1. The molecule has 0 saturated carbocycles. The lowest BCUT2D eigenvalue weighted by molar-refractivity contribution is -0.227. The lowest BCUT2D eigenvalue weighted by atomic mass is 10.1. The fourth-order valence-corrected chi connectivity index (χ4v) is 3.36. The highest BCUT2D eigenvalue weighted by atomic mass is 16.7. The molecule has 1 heterocycles. The molecule has 7 heteroatoms. The number of ether oxygens (including phenoxy) is 1. The van der Waals surface area contributed by atoms with Gasteiger partial charge in [0.05, 0.1) is 6.42 Å². The summed E-state index contributed by atoms with van der Waals surface area (Å²) in [7, 11) is 1.39. The van der Waals surface area contributed by atoms with Gasteiger partial charge in [0, 0.05) is 7.11 Å². The molecule has 1 aliphatic rings. The van der Waals surface area contributed by atoms with E-state index in [9.17, 15) is 14.4 Å². The third-order valence-electron chi connectivity index (χ3n) is 4.91. The van der Waals surface area contributed by atoms with Crippen LogP contribution in [0, 0.1) is 0 Å². The Balaban J connectivity index is 1.73. The molecule has 0 bridgehead atoms. The van der Waals surface area contributed by atoms with Gasteiger partial charge in [0.15, 0.2) is 6.10 Å². The van der Waals surface area contributed by atoms with Crippen LogP contribution in [0.3, 0.4) is 0 Å². The van der Waals surface area contributed by atoms with E-state index in [1.165, 1.54) is 12.0 Å². The first kappa shape index (κ1) is 20.5. The number of methoxy groups -OCH3 is 1. The van der Waals surface area contributed by atoms with Crippen LogP contribution < -0.4 is 0 Å². The van der Waals surface area contributed by atoms with E-state index in [-0.39, 0.29) is 18.9 Å². The Morgan fingerprint density at radius 3 is 2.21 bits per heavy atom. The van der Waals surface area contributed by atoms with Crippen molar-refractivity contribution in [2.75, 3.05) is 13.7 Å². The number of hydrogen-bond acceptors (Lipinski definition) is 5. The predicted molar refractivity (Wildman–Crippen MR) is 105 cm³/mol. The minimum atomic E-state index is -1.12. The molecule has 1 saturated heterocycles. The van der Waals surface area contributed by atoms with Crippen molar-refractivity contribution < 1.29 is 24.0 Å². The van der Waals surface area contributed by atoms with Crippen molar-refractivity contribution >= 4 is 17.8 Å². The lowest BCUT2D eigenvalue weighted by Crippen LogP contribution is -2.52. The fourth-order valence-electron chi connectivity index (χ4n) is 3.36. The third kappa shape index (κ3) is 4.30. The average Bonchev–Trinajstić information content (AvgIpc) is 2.93. The van der Waals surface area contributed by atoms with E-state index < -0.39 is 23.6 Å². The number of amides is 2. The molecule has 2 aromatic rings. The number of rotatable bonds is 6. The maximum atomic E-state index is 12.8. The summed E-state index contributed by atoms with van der Waals surface area (Å²) < 4.78 is 5.27. The van der Waals surface area contributed by atoms with Crippen LogP contribution in [-0.4, -0.2) is 47.1 Å². The minimum Gasteiger partial charge on any atom is -0.365 e. The van der Waals surface area contributed by atoms with Gasteiger partial charge >= 0.3 is 5.97 Å². The molecular weight excluding hydrogens is 372 g/mol. The second-order valence-electron chi connectivity index (χ2n) is 7.26. The monoisotopic (exact) mass is 396 g/mol. The van der Waals surface area contributed by atoms with Crippen molar-refractivity contribution in [2.45, 2.75) is 32.0 Å². The van der Waals surface area contributed by atoms with Gasteiger partial charge in [0.25, 0.3) is 5.91 Å². The van der Waals surface area contributed by atoms with E-state index in [4.69, 9.17) is 9.57 Å². The number of carbonyl (C=O) groups excluding carboxylic acids is 3. The van der Waals surface area contributed by atoms with Crippen molar-refractivity contribution in [1.82, 2.24) is 9.96 Å². The normalized spacial score (nSPS) is 16.6. The van der Waals surface area contributed by atoms with E-state index in [0.29, 0.717) is 5.56 Å². The molecule has 2 aromatic carbocycles. The van der Waals surface area contributed by atoms with Crippen LogP contribution >= 0.6 is 0 Å². The minimum absolute atomic E-state index is 0.157. The molecule has 1 atom stereocenters. The highest BCUT2D eigenvalue weighted by Crippen LogP contribution is 2.30. The maximum absolute atomic E-state index is 12.8. The van der Waals surface area contributed by atoms with Crippen LogP contribution in [0.25, 0.3) is 0 Å². The SMILES string of the molecule is CO[C@H](C(=O)ON1C(=O)CN(C(=O)Cc2ccccc2)C1(C)C)c1ccccc1. The van der Waals surface area contributed by atoms with E-state index in [1.807, 2.05) is 36.4 Å². The zero-order valence-electron chi connectivity index (χ0n) is 16.7. The Kier molecular flexibility index (Phi) is 5.98.